The summed E-state index contributed by atoms with van der Waals surface area (Å²) in [6.45, 7) is 0.411. The number of nitrogens with one attached hydrogen (secondary N) is 2. The summed E-state index contributed by atoms with van der Waals surface area (Å²) in [4.78, 5) is 34.7. The lowest BCUT2D eigenvalue weighted by atomic mass is 10.0. The van der Waals surface area contributed by atoms with Crippen molar-refractivity contribution in [2.24, 2.45) is 0 Å². The Labute approximate surface area is 167 Å². The molecule has 3 heterocycles. The number of aromatic nitrogens is 2. The number of hydrogen-bond acceptors (Lipinski definition) is 7. The normalized spacial score (nSPS) is 23.7. The molecule has 8 nitrogen and oxygen atoms in total. The van der Waals surface area contributed by atoms with E-state index in [0.29, 0.717) is 24.4 Å². The molecular formula is C21H22N4O4. The van der Waals surface area contributed by atoms with Crippen molar-refractivity contribution in [3.63, 3.8) is 0 Å². The second-order valence-corrected chi connectivity index (χ2v) is 7.44. The number of para-hydroxylation sites is 1. The molecule has 8 heteroatoms. The molecule has 1 spiro atoms. The van der Waals surface area contributed by atoms with Crippen molar-refractivity contribution in [3.8, 4) is 5.69 Å². The molecular weight excluding hydrogens is 372 g/mol. The Morgan fingerprint density at radius 3 is 3.17 bits per heavy atom. The monoisotopic (exact) mass is 394 g/mol. The van der Waals surface area contributed by atoms with Crippen molar-refractivity contribution in [3.05, 3.63) is 63.3 Å². The summed E-state index contributed by atoms with van der Waals surface area (Å²) in [6.07, 6.45) is 6.30. The van der Waals surface area contributed by atoms with Crippen LogP contribution in [0.5, 0.6) is 0 Å². The van der Waals surface area contributed by atoms with Crippen molar-refractivity contribution in [2.45, 2.75) is 37.5 Å². The first-order valence-corrected chi connectivity index (χ1v) is 9.85. The van der Waals surface area contributed by atoms with Gasteiger partial charge in [-0.05, 0) is 25.3 Å². The summed E-state index contributed by atoms with van der Waals surface area (Å²) in [5.41, 5.74) is 4.45. The van der Waals surface area contributed by atoms with E-state index in [9.17, 15) is 9.59 Å². The van der Waals surface area contributed by atoms with Gasteiger partial charge in [0, 0.05) is 25.1 Å². The van der Waals surface area contributed by atoms with Gasteiger partial charge in [0.1, 0.15) is 0 Å². The lowest BCUT2D eigenvalue weighted by molar-refractivity contribution is -0.150. The Bertz CT molecular complexity index is 1080. The van der Waals surface area contributed by atoms with E-state index in [1.807, 2.05) is 36.4 Å². The molecule has 2 N–H and O–H groups in total. The number of carbonyl (C=O) groups excluding carboxylic acids is 1. The van der Waals surface area contributed by atoms with Crippen LogP contribution in [0.4, 0.5) is 0 Å². The highest BCUT2D eigenvalue weighted by Crippen LogP contribution is 2.43. The first-order valence-electron chi connectivity index (χ1n) is 9.85. The van der Waals surface area contributed by atoms with Crippen LogP contribution >= 0.6 is 0 Å². The quantitative estimate of drug-likeness (QED) is 0.752. The zero-order chi connectivity index (χ0) is 20.0. The number of rotatable bonds is 4. The lowest BCUT2D eigenvalue weighted by Gasteiger charge is -2.25. The Morgan fingerprint density at radius 2 is 2.31 bits per heavy atom. The van der Waals surface area contributed by atoms with Gasteiger partial charge in [0.05, 0.1) is 23.6 Å². The average Bonchev–Trinajstić information content (AvgIpc) is 3.28. The van der Waals surface area contributed by atoms with Crippen LogP contribution in [0.15, 0.2) is 35.1 Å². The molecule has 1 aromatic carbocycles. The van der Waals surface area contributed by atoms with Crippen molar-refractivity contribution < 1.29 is 14.4 Å². The molecule has 1 aliphatic carbocycles. The predicted octanol–water partition coefficient (Wildman–Crippen LogP) is 1.15. The van der Waals surface area contributed by atoms with E-state index in [4.69, 9.17) is 14.6 Å². The third-order valence-corrected chi connectivity index (χ3v) is 5.69. The molecule has 2 aromatic rings. The number of benzene rings is 1. The van der Waals surface area contributed by atoms with Gasteiger partial charge in [-0.2, -0.15) is 5.48 Å². The molecule has 0 amide bonds. The number of aryl methyl sites for hydroxylation is 1. The van der Waals surface area contributed by atoms with Crippen molar-refractivity contribution >= 4 is 12.0 Å². The Hall–Kier alpha value is -2.81. The highest BCUT2D eigenvalue weighted by molar-refractivity contribution is 5.69. The molecule has 1 aromatic heterocycles. The predicted molar refractivity (Wildman–Crippen MR) is 105 cm³/mol. The number of carbonyl (C=O) groups is 1. The van der Waals surface area contributed by atoms with E-state index in [2.05, 4.69) is 10.8 Å². The summed E-state index contributed by atoms with van der Waals surface area (Å²) in [7, 11) is 1.55. The fourth-order valence-corrected chi connectivity index (χ4v) is 4.40. The third-order valence-electron chi connectivity index (χ3n) is 5.69. The molecule has 2 unspecified atom stereocenters. The van der Waals surface area contributed by atoms with Crippen LogP contribution < -0.4 is 16.4 Å². The minimum atomic E-state index is -0.983. The zero-order valence-electron chi connectivity index (χ0n) is 16.1. The van der Waals surface area contributed by atoms with Crippen LogP contribution in [0.1, 0.15) is 41.9 Å². The molecule has 2 aliphatic heterocycles. The van der Waals surface area contributed by atoms with Gasteiger partial charge in [0.25, 0.3) is 5.56 Å². The van der Waals surface area contributed by atoms with Gasteiger partial charge in [-0.25, -0.2) is 4.98 Å². The minimum Gasteiger partial charge on any atom is -0.371 e. The van der Waals surface area contributed by atoms with E-state index in [0.717, 1.165) is 29.8 Å². The summed E-state index contributed by atoms with van der Waals surface area (Å²) in [5, 5.41) is 3.52. The molecule has 2 atom stereocenters. The van der Waals surface area contributed by atoms with Crippen LogP contribution in [-0.4, -0.2) is 35.2 Å². The van der Waals surface area contributed by atoms with Gasteiger partial charge in [0.2, 0.25) is 5.72 Å². The van der Waals surface area contributed by atoms with E-state index in [-0.39, 0.29) is 24.0 Å². The van der Waals surface area contributed by atoms with E-state index < -0.39 is 5.72 Å². The largest absolute Gasteiger partial charge is 0.371 e. The van der Waals surface area contributed by atoms with Crippen LogP contribution in [0.3, 0.4) is 0 Å². The van der Waals surface area contributed by atoms with Crippen molar-refractivity contribution in [2.75, 3.05) is 13.7 Å². The second-order valence-electron chi connectivity index (χ2n) is 7.44. The van der Waals surface area contributed by atoms with Gasteiger partial charge < -0.3 is 9.57 Å². The van der Waals surface area contributed by atoms with E-state index >= 15 is 0 Å². The zero-order valence-corrected chi connectivity index (χ0v) is 16.1. The van der Waals surface area contributed by atoms with Crippen LogP contribution in [0.2, 0.25) is 0 Å². The van der Waals surface area contributed by atoms with Crippen LogP contribution in [0.25, 0.3) is 11.8 Å². The Morgan fingerprint density at radius 1 is 1.45 bits per heavy atom. The fourth-order valence-electron chi connectivity index (χ4n) is 4.40. The van der Waals surface area contributed by atoms with Gasteiger partial charge >= 0.3 is 5.97 Å². The number of fused-ring (bicyclic) bond motifs is 6. The van der Waals surface area contributed by atoms with Gasteiger partial charge in [0.15, 0.2) is 5.82 Å². The number of allylic oxidation sites excluding steroid dienone is 1. The van der Waals surface area contributed by atoms with E-state index in [1.165, 1.54) is 0 Å². The highest BCUT2D eigenvalue weighted by atomic mass is 16.7. The fraction of sp³-hybridized carbons (Fsp3) is 0.381. The summed E-state index contributed by atoms with van der Waals surface area (Å²) >= 11 is 0. The standard InChI is InChI=1S/C21H22N4O4/c1-22-29-18(26)11-10-13-12-28-21(24-13)15-7-3-5-9-17(15)25-19(27)14-6-2-4-8-16(14)23-20(21)25/h2-3,5-7,9,13,22,24H,4,8,10-12H2,1H3. The van der Waals surface area contributed by atoms with Crippen molar-refractivity contribution in [1.82, 2.24) is 20.3 Å². The highest BCUT2D eigenvalue weighted by Gasteiger charge is 2.52. The number of hydroxylamine groups is 1. The molecule has 0 bridgehead atoms. The summed E-state index contributed by atoms with van der Waals surface area (Å²) in [5.74, 6) is 0.246. The first-order chi connectivity index (χ1) is 14.1. The Kier molecular flexibility index (Phi) is 4.34. The van der Waals surface area contributed by atoms with Crippen LogP contribution in [0, 0.1) is 0 Å². The maximum absolute atomic E-state index is 13.3. The molecule has 5 rings (SSSR count). The molecule has 29 heavy (non-hydrogen) atoms. The molecule has 3 aliphatic rings. The Balaban J connectivity index is 1.56. The molecule has 1 saturated heterocycles. The lowest BCUT2D eigenvalue weighted by Crippen LogP contribution is -2.43. The topological polar surface area (TPSA) is 94.5 Å². The summed E-state index contributed by atoms with van der Waals surface area (Å²) in [6, 6.07) is 7.65. The average molecular weight is 394 g/mol. The van der Waals surface area contributed by atoms with E-state index in [1.54, 1.807) is 11.6 Å². The molecule has 1 fully saturated rings. The summed E-state index contributed by atoms with van der Waals surface area (Å²) < 4.78 is 7.95. The number of nitrogens with zero attached hydrogens (tertiary/aromatic N) is 2. The third kappa shape index (κ3) is 2.75. The SMILES string of the molecule is CNOC(=O)CCC1COC2(N1)c1ccccc1-n1c2nc2c(c1=O)C=CCC2. The minimum absolute atomic E-state index is 0.0631. The van der Waals surface area contributed by atoms with Gasteiger partial charge in [-0.15, -0.1) is 0 Å². The molecule has 0 radical (unpaired) electrons. The number of hydrogen-bond donors (Lipinski definition) is 2. The van der Waals surface area contributed by atoms with Gasteiger partial charge in [-0.3, -0.25) is 19.5 Å². The molecule has 150 valence electrons. The maximum Gasteiger partial charge on any atom is 0.324 e. The van der Waals surface area contributed by atoms with Crippen LogP contribution in [-0.2, 0) is 26.5 Å². The first kappa shape index (κ1) is 18.2. The van der Waals surface area contributed by atoms with Gasteiger partial charge in [-0.1, -0.05) is 30.4 Å². The van der Waals surface area contributed by atoms with Crippen molar-refractivity contribution in [1.29, 1.82) is 0 Å². The maximum atomic E-state index is 13.3. The smallest absolute Gasteiger partial charge is 0.324 e. The number of ether oxygens (including phenoxy) is 1. The molecule has 0 saturated carbocycles. The second kappa shape index (κ2) is 6.91.